The molecule has 1 aromatic carbocycles. The van der Waals surface area contributed by atoms with E-state index in [4.69, 9.17) is 16.3 Å². The Labute approximate surface area is 97.3 Å². The zero-order valence-electron chi connectivity index (χ0n) is 9.12. The molecule has 0 aliphatic heterocycles. The van der Waals surface area contributed by atoms with Gasteiger partial charge in [0.15, 0.2) is 0 Å². The van der Waals surface area contributed by atoms with E-state index in [1.54, 1.807) is 0 Å². The average Bonchev–Trinajstić information content (AvgIpc) is 2.08. The molecule has 0 N–H and O–H groups in total. The molecule has 15 heavy (non-hydrogen) atoms. The van der Waals surface area contributed by atoms with Gasteiger partial charge in [-0.15, -0.1) is 0 Å². The summed E-state index contributed by atoms with van der Waals surface area (Å²) in [7, 11) is 1.33. The third kappa shape index (κ3) is 2.56. The molecule has 0 saturated heterocycles. The van der Waals surface area contributed by atoms with Crippen LogP contribution in [0.15, 0.2) is 6.07 Å². The summed E-state index contributed by atoms with van der Waals surface area (Å²) in [5.41, 5.74) is 0. The Morgan fingerprint density at radius 3 is 2.20 bits per heavy atom. The van der Waals surface area contributed by atoms with E-state index >= 15 is 0 Å². The minimum atomic E-state index is -2.74. The summed E-state index contributed by atoms with van der Waals surface area (Å²) in [6, 6.07) is 1.02. The van der Waals surface area contributed by atoms with Crippen molar-refractivity contribution in [3.63, 3.8) is 0 Å². The summed E-state index contributed by atoms with van der Waals surface area (Å²) >= 11 is 2.81. The third-order valence-electron chi connectivity index (χ3n) is 2.08. The van der Waals surface area contributed by atoms with E-state index in [9.17, 15) is 8.78 Å². The van der Waals surface area contributed by atoms with Gasteiger partial charge in [0.25, 0.3) is 0 Å². The fourth-order valence-electron chi connectivity index (χ4n) is 1.46. The van der Waals surface area contributed by atoms with E-state index in [1.165, 1.54) is 7.11 Å². The third-order valence-corrected chi connectivity index (χ3v) is 7.97. The molecule has 0 fully saturated rings. The van der Waals surface area contributed by atoms with Crippen LogP contribution in [0.1, 0.15) is 0 Å². The van der Waals surface area contributed by atoms with Gasteiger partial charge in [-0.3, -0.25) is 0 Å². The van der Waals surface area contributed by atoms with E-state index in [2.05, 4.69) is 0 Å². The predicted octanol–water partition coefficient (Wildman–Crippen LogP) is 3.17. The molecule has 0 heterocycles. The Morgan fingerprint density at radius 2 is 1.80 bits per heavy atom. The second kappa shape index (κ2) is 4.45. The molecule has 84 valence electrons. The van der Waals surface area contributed by atoms with Crippen LogP contribution < -0.4 is 8.32 Å². The zero-order valence-corrected chi connectivity index (χ0v) is 12.7. The van der Waals surface area contributed by atoms with E-state index in [0.717, 1.165) is 6.07 Å². The summed E-state index contributed by atoms with van der Waals surface area (Å²) in [5.74, 6) is -1.15. The fourth-order valence-corrected chi connectivity index (χ4v) is 6.45. The van der Waals surface area contributed by atoms with Crippen LogP contribution in [0.2, 0.25) is 19.8 Å². The van der Waals surface area contributed by atoms with Gasteiger partial charge in [0, 0.05) is 0 Å². The van der Waals surface area contributed by atoms with Crippen molar-refractivity contribution in [2.24, 2.45) is 0 Å². The molecule has 0 bridgehead atoms. The molecule has 0 amide bonds. The Bertz CT molecular complexity index is 388. The van der Waals surface area contributed by atoms with Gasteiger partial charge in [-0.2, -0.15) is 0 Å². The summed E-state index contributed by atoms with van der Waals surface area (Å²) in [4.78, 5) is 5.97. The van der Waals surface area contributed by atoms with Gasteiger partial charge < -0.3 is 0 Å². The van der Waals surface area contributed by atoms with Crippen molar-refractivity contribution in [3.8, 4) is 5.75 Å². The normalized spacial score (nSPS) is 11.7. The van der Waals surface area contributed by atoms with Crippen molar-refractivity contribution in [2.75, 3.05) is 7.11 Å². The van der Waals surface area contributed by atoms with Crippen molar-refractivity contribution in [1.29, 1.82) is 0 Å². The molecule has 0 aromatic heterocycles. The van der Waals surface area contributed by atoms with Gasteiger partial charge in [0.1, 0.15) is 0 Å². The number of rotatable bonds is 2. The molecule has 0 spiro atoms. The number of hydrogen-bond acceptors (Lipinski definition) is 1. The van der Waals surface area contributed by atoms with Gasteiger partial charge in [-0.05, 0) is 0 Å². The fraction of sp³-hybridized carbons (Fsp3) is 0.400. The van der Waals surface area contributed by atoms with E-state index in [0.29, 0.717) is 3.58 Å². The van der Waals surface area contributed by atoms with Crippen LogP contribution in [-0.4, -0.2) is 25.5 Å². The molecule has 5 heteroatoms. The number of hydrogen-bond donors (Lipinski definition) is 0. The van der Waals surface area contributed by atoms with Crippen LogP contribution in [-0.2, 0) is 0 Å². The van der Waals surface area contributed by atoms with Crippen molar-refractivity contribution in [3.05, 3.63) is 22.7 Å². The first kappa shape index (κ1) is 13.0. The molecular weight excluding hydrogens is 328 g/mol. The molecule has 1 nitrogen and oxygen atoms in total. The second-order valence-electron chi connectivity index (χ2n) is 4.31. The molecule has 0 saturated carbocycles. The van der Waals surface area contributed by atoms with E-state index in [1.807, 2.05) is 14.8 Å². The summed E-state index contributed by atoms with van der Waals surface area (Å²) in [6.45, 7) is 0. The van der Waals surface area contributed by atoms with Gasteiger partial charge in [-0.25, -0.2) is 0 Å². The minimum absolute atomic E-state index is 0.0247. The molecular formula is C10H13ClF2OSn. The average molecular weight is 341 g/mol. The zero-order chi connectivity index (χ0) is 11.8. The standard InChI is InChI=1S/C7H4ClF2O.3CH3.Sn/c1-11-6-3-4(9)2-5(8)7(6)10;;;;/h2H,1H3;3*1H3;. The van der Waals surface area contributed by atoms with Gasteiger partial charge in [-0.1, -0.05) is 0 Å². The Hall–Kier alpha value is -0.0313. The van der Waals surface area contributed by atoms with Crippen LogP contribution >= 0.6 is 11.6 Å². The maximum atomic E-state index is 13.7. The SMILES string of the molecule is COc1c(F)c(Cl)cc(F)[c]1[Sn]([CH3])([CH3])[CH3]. The Morgan fingerprint density at radius 1 is 1.27 bits per heavy atom. The van der Waals surface area contributed by atoms with Crippen molar-refractivity contribution < 1.29 is 13.5 Å². The second-order valence-corrected chi connectivity index (χ2v) is 19.0. The van der Waals surface area contributed by atoms with Gasteiger partial charge in [0.2, 0.25) is 0 Å². The monoisotopic (exact) mass is 342 g/mol. The molecule has 1 aromatic rings. The first-order valence-electron chi connectivity index (χ1n) is 4.51. The van der Waals surface area contributed by atoms with Crippen molar-refractivity contribution >= 4 is 33.6 Å². The summed E-state index contributed by atoms with van der Waals surface area (Å²) in [5, 5.41) is -0.233. The Balaban J connectivity index is 3.57. The van der Waals surface area contributed by atoms with Crippen molar-refractivity contribution in [1.82, 2.24) is 0 Å². The van der Waals surface area contributed by atoms with Crippen LogP contribution in [0.25, 0.3) is 0 Å². The van der Waals surface area contributed by atoms with E-state index < -0.39 is 30.0 Å². The summed E-state index contributed by atoms with van der Waals surface area (Å²) in [6.07, 6.45) is 0. The van der Waals surface area contributed by atoms with Crippen LogP contribution in [0.3, 0.4) is 0 Å². The molecule has 0 aliphatic carbocycles. The summed E-state index contributed by atoms with van der Waals surface area (Å²) < 4.78 is 32.6. The molecule has 0 radical (unpaired) electrons. The predicted molar refractivity (Wildman–Crippen MR) is 60.9 cm³/mol. The molecule has 1 rings (SSSR count). The first-order valence-corrected chi connectivity index (χ1v) is 14.9. The van der Waals surface area contributed by atoms with E-state index in [-0.39, 0.29) is 10.8 Å². The topological polar surface area (TPSA) is 9.23 Å². The number of ether oxygens (including phenoxy) is 1. The Kier molecular flexibility index (Phi) is 3.87. The van der Waals surface area contributed by atoms with Crippen LogP contribution in [0.4, 0.5) is 8.78 Å². The van der Waals surface area contributed by atoms with Crippen LogP contribution in [0, 0.1) is 11.6 Å². The number of methoxy groups -OCH3 is 1. The number of benzene rings is 1. The van der Waals surface area contributed by atoms with Crippen molar-refractivity contribution in [2.45, 2.75) is 14.8 Å². The first-order chi connectivity index (χ1) is 6.79. The van der Waals surface area contributed by atoms with Gasteiger partial charge >= 0.3 is 97.5 Å². The quantitative estimate of drug-likeness (QED) is 0.593. The van der Waals surface area contributed by atoms with Crippen LogP contribution in [0.5, 0.6) is 5.75 Å². The molecule has 0 atom stereocenters. The molecule has 0 unspecified atom stereocenters. The molecule has 0 aliphatic rings. The van der Waals surface area contributed by atoms with Gasteiger partial charge in [0.05, 0.1) is 0 Å². The maximum absolute atomic E-state index is 13.7. The number of halogens is 3.